The van der Waals surface area contributed by atoms with Gasteiger partial charge in [0.2, 0.25) is 0 Å². The third-order valence-corrected chi connectivity index (χ3v) is 2.14. The lowest BCUT2D eigenvalue weighted by Crippen LogP contribution is -2.32. The van der Waals surface area contributed by atoms with Crippen LogP contribution in [0.15, 0.2) is 18.2 Å². The van der Waals surface area contributed by atoms with Gasteiger partial charge in [-0.2, -0.15) is 5.26 Å². The molecule has 0 aliphatic heterocycles. The number of nitrogens with zero attached hydrogens (tertiary/aromatic N) is 3. The Morgan fingerprint density at radius 2 is 2.36 bits per heavy atom. The van der Waals surface area contributed by atoms with Crippen molar-refractivity contribution in [3.63, 3.8) is 0 Å². The molecule has 0 saturated heterocycles. The maximum absolute atomic E-state index is 8.96. The molecule has 0 amide bonds. The lowest BCUT2D eigenvalue weighted by molar-refractivity contribution is 0.270. The number of pyridine rings is 1. The Morgan fingerprint density at radius 1 is 1.64 bits per heavy atom. The van der Waals surface area contributed by atoms with Gasteiger partial charge in [0.15, 0.2) is 0 Å². The molecule has 1 aromatic rings. The fourth-order valence-electron chi connectivity index (χ4n) is 1.03. The number of rotatable bonds is 3. The Bertz CT molecular complexity index is 345. The highest BCUT2D eigenvalue weighted by atomic mass is 16.3. The van der Waals surface area contributed by atoms with Crippen LogP contribution in [-0.4, -0.2) is 29.8 Å². The Kier molecular flexibility index (Phi) is 3.43. The molecule has 0 aliphatic rings. The summed E-state index contributed by atoms with van der Waals surface area (Å²) in [5, 5.41) is 17.6. The SMILES string of the molecule is CC(CO)N(C)c1cccc(C#N)n1. The molecule has 74 valence electrons. The summed E-state index contributed by atoms with van der Waals surface area (Å²) in [7, 11) is 1.84. The molecule has 0 bridgehead atoms. The zero-order chi connectivity index (χ0) is 10.6. The molecular weight excluding hydrogens is 178 g/mol. The molecule has 1 unspecified atom stereocenters. The van der Waals surface area contributed by atoms with Crippen LogP contribution in [-0.2, 0) is 0 Å². The highest BCUT2D eigenvalue weighted by Crippen LogP contribution is 2.11. The van der Waals surface area contributed by atoms with Crippen molar-refractivity contribution in [2.75, 3.05) is 18.6 Å². The molecule has 1 atom stereocenters. The summed E-state index contributed by atoms with van der Waals surface area (Å²) < 4.78 is 0. The van der Waals surface area contributed by atoms with Gasteiger partial charge in [-0.1, -0.05) is 6.07 Å². The van der Waals surface area contributed by atoms with E-state index in [2.05, 4.69) is 4.98 Å². The lowest BCUT2D eigenvalue weighted by atomic mass is 10.3. The fraction of sp³-hybridized carbons (Fsp3) is 0.400. The molecule has 0 fully saturated rings. The number of hydrogen-bond acceptors (Lipinski definition) is 4. The van der Waals surface area contributed by atoms with Crippen molar-refractivity contribution in [2.24, 2.45) is 0 Å². The zero-order valence-electron chi connectivity index (χ0n) is 8.31. The van der Waals surface area contributed by atoms with Crippen LogP contribution in [0.4, 0.5) is 5.82 Å². The normalized spacial score (nSPS) is 11.9. The molecule has 4 heteroatoms. The van der Waals surface area contributed by atoms with Crippen molar-refractivity contribution in [3.05, 3.63) is 23.9 Å². The van der Waals surface area contributed by atoms with E-state index in [9.17, 15) is 0 Å². The molecule has 1 aromatic heterocycles. The second-order valence-corrected chi connectivity index (χ2v) is 3.14. The smallest absolute Gasteiger partial charge is 0.142 e. The Balaban J connectivity index is 2.91. The largest absolute Gasteiger partial charge is 0.394 e. The van der Waals surface area contributed by atoms with Gasteiger partial charge in [0, 0.05) is 7.05 Å². The fourth-order valence-corrected chi connectivity index (χ4v) is 1.03. The molecule has 1 heterocycles. The van der Waals surface area contributed by atoms with E-state index in [1.807, 2.05) is 31.0 Å². The van der Waals surface area contributed by atoms with Crippen molar-refractivity contribution in [1.29, 1.82) is 5.26 Å². The second-order valence-electron chi connectivity index (χ2n) is 3.14. The first-order valence-corrected chi connectivity index (χ1v) is 4.40. The van der Waals surface area contributed by atoms with Crippen molar-refractivity contribution in [3.8, 4) is 6.07 Å². The van der Waals surface area contributed by atoms with Gasteiger partial charge < -0.3 is 10.0 Å². The summed E-state index contributed by atoms with van der Waals surface area (Å²) >= 11 is 0. The van der Waals surface area contributed by atoms with Crippen LogP contribution < -0.4 is 4.90 Å². The number of likely N-dealkylation sites (N-methyl/N-ethyl adjacent to an activating group) is 1. The third-order valence-electron chi connectivity index (χ3n) is 2.14. The topological polar surface area (TPSA) is 60.1 Å². The molecule has 1 rings (SSSR count). The van der Waals surface area contributed by atoms with Gasteiger partial charge in [-0.05, 0) is 19.1 Å². The highest BCUT2D eigenvalue weighted by Gasteiger charge is 2.09. The van der Waals surface area contributed by atoms with Crippen LogP contribution >= 0.6 is 0 Å². The lowest BCUT2D eigenvalue weighted by Gasteiger charge is -2.23. The van der Waals surface area contributed by atoms with E-state index in [4.69, 9.17) is 10.4 Å². The first kappa shape index (κ1) is 10.5. The summed E-state index contributed by atoms with van der Waals surface area (Å²) in [4.78, 5) is 5.95. The Hall–Kier alpha value is -1.60. The molecule has 4 nitrogen and oxygen atoms in total. The average Bonchev–Trinajstić information content (AvgIpc) is 2.27. The quantitative estimate of drug-likeness (QED) is 0.766. The van der Waals surface area contributed by atoms with E-state index >= 15 is 0 Å². The van der Waals surface area contributed by atoms with E-state index < -0.39 is 0 Å². The van der Waals surface area contributed by atoms with Crippen LogP contribution in [0.5, 0.6) is 0 Å². The number of nitriles is 1. The van der Waals surface area contributed by atoms with Crippen molar-refractivity contribution >= 4 is 5.82 Å². The summed E-state index contributed by atoms with van der Waals surface area (Å²) in [5.41, 5.74) is 0.388. The predicted octanol–water partition coefficient (Wildman–Crippen LogP) is 0.770. The minimum Gasteiger partial charge on any atom is -0.394 e. The van der Waals surface area contributed by atoms with Crippen LogP contribution in [0.2, 0.25) is 0 Å². The number of anilines is 1. The van der Waals surface area contributed by atoms with Crippen LogP contribution in [0.1, 0.15) is 12.6 Å². The Morgan fingerprint density at radius 3 is 2.93 bits per heavy atom. The second kappa shape index (κ2) is 4.58. The first-order chi connectivity index (χ1) is 6.69. The number of aliphatic hydroxyl groups excluding tert-OH is 1. The highest BCUT2D eigenvalue weighted by molar-refractivity contribution is 5.41. The van der Waals surface area contributed by atoms with Gasteiger partial charge >= 0.3 is 0 Å². The molecule has 0 saturated carbocycles. The minimum absolute atomic E-state index is 0.00329. The van der Waals surface area contributed by atoms with Crippen LogP contribution in [0.25, 0.3) is 0 Å². The van der Waals surface area contributed by atoms with E-state index in [1.165, 1.54) is 0 Å². The van der Waals surface area contributed by atoms with Gasteiger partial charge in [-0.25, -0.2) is 4.98 Å². The third kappa shape index (κ3) is 2.21. The molecular formula is C10H13N3O. The van der Waals surface area contributed by atoms with E-state index in [-0.39, 0.29) is 12.6 Å². The summed E-state index contributed by atoms with van der Waals surface area (Å²) in [6, 6.07) is 7.22. The average molecular weight is 191 g/mol. The van der Waals surface area contributed by atoms with Crippen LogP contribution in [0, 0.1) is 11.3 Å². The van der Waals surface area contributed by atoms with Crippen molar-refractivity contribution in [2.45, 2.75) is 13.0 Å². The van der Waals surface area contributed by atoms with Gasteiger partial charge in [0.25, 0.3) is 0 Å². The van der Waals surface area contributed by atoms with E-state index in [1.54, 1.807) is 12.1 Å². The molecule has 1 N–H and O–H groups in total. The van der Waals surface area contributed by atoms with Gasteiger partial charge in [-0.3, -0.25) is 0 Å². The minimum atomic E-state index is -0.00329. The van der Waals surface area contributed by atoms with E-state index in [0.29, 0.717) is 11.5 Å². The number of aromatic nitrogens is 1. The monoisotopic (exact) mass is 191 g/mol. The molecule has 0 radical (unpaired) electrons. The standard InChI is InChI=1S/C10H13N3O/c1-8(7-14)13(2)10-5-3-4-9(6-11)12-10/h3-5,8,14H,7H2,1-2H3. The Labute approximate surface area is 83.4 Å². The molecule has 0 aliphatic carbocycles. The maximum atomic E-state index is 8.96. The van der Waals surface area contributed by atoms with Crippen molar-refractivity contribution < 1.29 is 5.11 Å². The van der Waals surface area contributed by atoms with E-state index in [0.717, 1.165) is 0 Å². The molecule has 0 aromatic carbocycles. The van der Waals surface area contributed by atoms with Gasteiger partial charge in [-0.15, -0.1) is 0 Å². The first-order valence-electron chi connectivity index (χ1n) is 4.40. The number of aliphatic hydroxyl groups is 1. The summed E-state index contributed by atoms with van der Waals surface area (Å²) in [5.74, 6) is 0.700. The number of hydrogen-bond donors (Lipinski definition) is 1. The maximum Gasteiger partial charge on any atom is 0.142 e. The van der Waals surface area contributed by atoms with Gasteiger partial charge in [0.05, 0.1) is 12.6 Å². The van der Waals surface area contributed by atoms with Crippen LogP contribution in [0.3, 0.4) is 0 Å². The summed E-state index contributed by atoms with van der Waals surface area (Å²) in [6.07, 6.45) is 0. The molecule has 0 spiro atoms. The molecule has 14 heavy (non-hydrogen) atoms. The van der Waals surface area contributed by atoms with Gasteiger partial charge in [0.1, 0.15) is 17.6 Å². The predicted molar refractivity (Wildman–Crippen MR) is 53.9 cm³/mol. The zero-order valence-corrected chi connectivity index (χ0v) is 8.31. The summed E-state index contributed by atoms with van der Waals surface area (Å²) in [6.45, 7) is 1.95. The van der Waals surface area contributed by atoms with Crippen molar-refractivity contribution in [1.82, 2.24) is 4.98 Å².